The highest BCUT2D eigenvalue weighted by molar-refractivity contribution is 6.30. The molecule has 3 rings (SSSR count). The summed E-state index contributed by atoms with van der Waals surface area (Å²) in [6.07, 6.45) is 0.905. The van der Waals surface area contributed by atoms with Crippen molar-refractivity contribution >= 4 is 23.3 Å². The number of amides is 1. The van der Waals surface area contributed by atoms with Crippen LogP contribution in [0.2, 0.25) is 5.02 Å². The van der Waals surface area contributed by atoms with Crippen LogP contribution in [-0.2, 0) is 6.42 Å². The molecule has 2 aromatic rings. The number of carbonyl (C=O) groups excluding carboxylic acids is 2. The Hall–Kier alpha value is -2.40. The number of fused-ring (bicyclic) bond motifs is 1. The second kappa shape index (κ2) is 5.60. The normalized spacial score (nSPS) is 15.9. The van der Waals surface area contributed by atoms with Gasteiger partial charge in [-0.05, 0) is 42.2 Å². The fraction of sp³-hybridized carbons (Fsp3) is 0.278. The van der Waals surface area contributed by atoms with Crippen molar-refractivity contribution in [1.82, 2.24) is 4.57 Å². The van der Waals surface area contributed by atoms with Gasteiger partial charge in [0.1, 0.15) is 5.56 Å². The summed E-state index contributed by atoms with van der Waals surface area (Å²) in [6, 6.07) is 8.01. The first-order valence-electron chi connectivity index (χ1n) is 7.57. The van der Waals surface area contributed by atoms with E-state index in [-0.39, 0.29) is 16.8 Å². The van der Waals surface area contributed by atoms with Crippen molar-refractivity contribution in [3.8, 4) is 5.69 Å². The molecule has 0 saturated heterocycles. The number of pyridine rings is 1. The van der Waals surface area contributed by atoms with E-state index in [9.17, 15) is 14.4 Å². The Labute approximate surface area is 144 Å². The number of ketones is 1. The van der Waals surface area contributed by atoms with Gasteiger partial charge in [-0.2, -0.15) is 0 Å². The van der Waals surface area contributed by atoms with Crippen molar-refractivity contribution in [2.45, 2.75) is 26.7 Å². The quantitative estimate of drug-likeness (QED) is 0.909. The first-order valence-corrected chi connectivity index (χ1v) is 7.95. The second-order valence-electron chi connectivity index (χ2n) is 6.84. The van der Waals surface area contributed by atoms with Gasteiger partial charge in [0.2, 0.25) is 0 Å². The molecule has 0 unspecified atom stereocenters. The monoisotopic (exact) mass is 344 g/mol. The molecule has 1 aliphatic rings. The van der Waals surface area contributed by atoms with E-state index < -0.39 is 11.5 Å². The zero-order valence-electron chi connectivity index (χ0n) is 13.4. The van der Waals surface area contributed by atoms with E-state index in [1.807, 2.05) is 13.8 Å². The number of benzene rings is 1. The van der Waals surface area contributed by atoms with Crippen LogP contribution < -0.4 is 11.3 Å². The number of aromatic nitrogens is 1. The smallest absolute Gasteiger partial charge is 0.268 e. The minimum absolute atomic E-state index is 0.0912. The van der Waals surface area contributed by atoms with Gasteiger partial charge in [0, 0.05) is 28.4 Å². The Bertz CT molecular complexity index is 911. The van der Waals surface area contributed by atoms with Gasteiger partial charge in [0.25, 0.3) is 11.5 Å². The molecule has 2 N–H and O–H groups in total. The zero-order valence-corrected chi connectivity index (χ0v) is 14.2. The number of carbonyl (C=O) groups is 2. The molecule has 0 saturated carbocycles. The van der Waals surface area contributed by atoms with Crippen molar-refractivity contribution in [3.63, 3.8) is 0 Å². The molecule has 24 heavy (non-hydrogen) atoms. The number of halogens is 1. The SMILES string of the molecule is CC1(C)CC(=O)c2cc(C(N)=O)c(=O)n(-c3ccc(Cl)cc3)c2C1. The summed E-state index contributed by atoms with van der Waals surface area (Å²) in [4.78, 5) is 37.0. The highest BCUT2D eigenvalue weighted by Crippen LogP contribution is 2.35. The minimum Gasteiger partial charge on any atom is -0.365 e. The van der Waals surface area contributed by atoms with Crippen molar-refractivity contribution in [3.05, 3.63) is 62.5 Å². The zero-order chi connectivity index (χ0) is 17.6. The van der Waals surface area contributed by atoms with Crippen molar-refractivity contribution in [2.24, 2.45) is 11.1 Å². The predicted molar refractivity (Wildman–Crippen MR) is 92.0 cm³/mol. The van der Waals surface area contributed by atoms with E-state index >= 15 is 0 Å². The molecule has 1 aliphatic carbocycles. The van der Waals surface area contributed by atoms with Crippen LogP contribution in [0.5, 0.6) is 0 Å². The molecule has 0 bridgehead atoms. The molecule has 0 aliphatic heterocycles. The fourth-order valence-corrected chi connectivity index (χ4v) is 3.28. The molecular formula is C18H17ClN2O3. The van der Waals surface area contributed by atoms with Crippen molar-refractivity contribution in [2.75, 3.05) is 0 Å². The molecule has 0 radical (unpaired) electrons. The lowest BCUT2D eigenvalue weighted by Crippen LogP contribution is -2.37. The van der Waals surface area contributed by atoms with Crippen LogP contribution in [0.3, 0.4) is 0 Å². The summed E-state index contributed by atoms with van der Waals surface area (Å²) in [5.74, 6) is -0.936. The van der Waals surface area contributed by atoms with Crippen LogP contribution in [0.4, 0.5) is 0 Å². The Morgan fingerprint density at radius 1 is 1.17 bits per heavy atom. The van der Waals surface area contributed by atoms with Crippen molar-refractivity contribution < 1.29 is 9.59 Å². The van der Waals surface area contributed by atoms with E-state index in [1.165, 1.54) is 10.6 Å². The van der Waals surface area contributed by atoms with Crippen LogP contribution >= 0.6 is 11.6 Å². The maximum atomic E-state index is 12.8. The summed E-state index contributed by atoms with van der Waals surface area (Å²) < 4.78 is 1.41. The molecule has 124 valence electrons. The average molecular weight is 345 g/mol. The van der Waals surface area contributed by atoms with Gasteiger partial charge in [-0.3, -0.25) is 19.0 Å². The summed E-state index contributed by atoms with van der Waals surface area (Å²) in [6.45, 7) is 3.96. The number of hydrogen-bond acceptors (Lipinski definition) is 3. The summed E-state index contributed by atoms with van der Waals surface area (Å²) in [5, 5.41) is 0.531. The van der Waals surface area contributed by atoms with Crippen LogP contribution in [-0.4, -0.2) is 16.3 Å². The molecule has 1 amide bonds. The first kappa shape index (κ1) is 16.5. The van der Waals surface area contributed by atoms with Crippen molar-refractivity contribution in [1.29, 1.82) is 0 Å². The third kappa shape index (κ3) is 2.76. The molecule has 1 heterocycles. The van der Waals surface area contributed by atoms with Crippen LogP contribution in [0.15, 0.2) is 35.1 Å². The maximum absolute atomic E-state index is 12.8. The number of Topliss-reactive ketones (excluding diaryl/α,β-unsaturated/α-hetero) is 1. The number of hydrogen-bond donors (Lipinski definition) is 1. The molecule has 1 aromatic heterocycles. The van der Waals surface area contributed by atoms with Gasteiger partial charge in [-0.15, -0.1) is 0 Å². The molecule has 1 aromatic carbocycles. The van der Waals surface area contributed by atoms with Gasteiger partial charge < -0.3 is 5.73 Å². The van der Waals surface area contributed by atoms with E-state index in [2.05, 4.69) is 0 Å². The Morgan fingerprint density at radius 2 is 1.79 bits per heavy atom. The molecule has 0 atom stereocenters. The van der Waals surface area contributed by atoms with Crippen LogP contribution in [0, 0.1) is 5.41 Å². The summed E-state index contributed by atoms with van der Waals surface area (Å²) in [7, 11) is 0. The van der Waals surface area contributed by atoms with Crippen LogP contribution in [0.25, 0.3) is 5.69 Å². The average Bonchev–Trinajstić information content (AvgIpc) is 2.47. The fourth-order valence-electron chi connectivity index (χ4n) is 3.15. The number of nitrogens with zero attached hydrogens (tertiary/aromatic N) is 1. The highest BCUT2D eigenvalue weighted by atomic mass is 35.5. The van der Waals surface area contributed by atoms with Crippen LogP contribution in [0.1, 0.15) is 46.7 Å². The maximum Gasteiger partial charge on any atom is 0.268 e. The lowest BCUT2D eigenvalue weighted by molar-refractivity contribution is 0.0909. The third-order valence-electron chi connectivity index (χ3n) is 4.24. The van der Waals surface area contributed by atoms with Gasteiger partial charge in [-0.25, -0.2) is 0 Å². The van der Waals surface area contributed by atoms with E-state index in [0.29, 0.717) is 34.8 Å². The Balaban J connectivity index is 2.38. The highest BCUT2D eigenvalue weighted by Gasteiger charge is 2.34. The van der Waals surface area contributed by atoms with Gasteiger partial charge in [-0.1, -0.05) is 25.4 Å². The summed E-state index contributed by atoms with van der Waals surface area (Å²) in [5.41, 5.74) is 5.91. The summed E-state index contributed by atoms with van der Waals surface area (Å²) >= 11 is 5.92. The number of nitrogens with two attached hydrogens (primary N) is 1. The van der Waals surface area contributed by atoms with E-state index in [0.717, 1.165) is 0 Å². The lowest BCUT2D eigenvalue weighted by Gasteiger charge is -2.32. The van der Waals surface area contributed by atoms with E-state index in [1.54, 1.807) is 24.3 Å². The predicted octanol–water partition coefficient (Wildman–Crippen LogP) is 2.74. The molecule has 5 nitrogen and oxygen atoms in total. The second-order valence-corrected chi connectivity index (χ2v) is 7.28. The van der Waals surface area contributed by atoms with Gasteiger partial charge in [0.05, 0.1) is 0 Å². The molecule has 0 fully saturated rings. The van der Waals surface area contributed by atoms with Gasteiger partial charge >= 0.3 is 0 Å². The minimum atomic E-state index is -0.844. The Kier molecular flexibility index (Phi) is 3.84. The Morgan fingerprint density at radius 3 is 2.38 bits per heavy atom. The molecule has 6 heteroatoms. The standard InChI is InChI=1S/C18H17ClN2O3/c1-18(2)8-14-12(15(22)9-18)7-13(16(20)23)17(24)21(14)11-5-3-10(19)4-6-11/h3-7H,8-9H2,1-2H3,(H2,20,23). The third-order valence-corrected chi connectivity index (χ3v) is 4.49. The lowest BCUT2D eigenvalue weighted by atomic mass is 9.75. The molecule has 0 spiro atoms. The number of rotatable bonds is 2. The van der Waals surface area contributed by atoms with Gasteiger partial charge in [0.15, 0.2) is 5.78 Å². The van der Waals surface area contributed by atoms with E-state index in [4.69, 9.17) is 17.3 Å². The largest absolute Gasteiger partial charge is 0.365 e. The topological polar surface area (TPSA) is 82.2 Å². The number of primary amides is 1. The molecular weight excluding hydrogens is 328 g/mol. The first-order chi connectivity index (χ1) is 11.2.